The van der Waals surface area contributed by atoms with E-state index in [1.165, 1.54) is 11.3 Å². The summed E-state index contributed by atoms with van der Waals surface area (Å²) in [5.41, 5.74) is 9.49. The molecule has 1 aromatic carbocycles. The van der Waals surface area contributed by atoms with Gasteiger partial charge in [-0.05, 0) is 37.1 Å². The summed E-state index contributed by atoms with van der Waals surface area (Å²) in [7, 11) is 0. The number of carbonyl (C=O) groups excluding carboxylic acids is 1. The zero-order valence-corrected chi connectivity index (χ0v) is 12.6. The summed E-state index contributed by atoms with van der Waals surface area (Å²) < 4.78 is 0. The molecule has 0 aliphatic rings. The summed E-state index contributed by atoms with van der Waals surface area (Å²) in [6, 6.07) is 9.55. The summed E-state index contributed by atoms with van der Waals surface area (Å²) in [5, 5.41) is 3.78. The van der Waals surface area contributed by atoms with Gasteiger partial charge in [-0.1, -0.05) is 18.2 Å². The third kappa shape index (κ3) is 2.36. The molecule has 21 heavy (non-hydrogen) atoms. The van der Waals surface area contributed by atoms with E-state index in [1.54, 1.807) is 6.20 Å². The lowest BCUT2D eigenvalue weighted by Gasteiger charge is -2.07. The van der Waals surface area contributed by atoms with Crippen LogP contribution in [0.15, 0.2) is 36.5 Å². The molecule has 4 nitrogen and oxygen atoms in total. The van der Waals surface area contributed by atoms with E-state index in [0.717, 1.165) is 27.0 Å². The second-order valence-corrected chi connectivity index (χ2v) is 5.92. The number of para-hydroxylation sites is 1. The first-order chi connectivity index (χ1) is 10.1. The number of amides is 1. The number of aryl methyl sites for hydroxylation is 2. The van der Waals surface area contributed by atoms with E-state index in [1.807, 2.05) is 44.2 Å². The largest absolute Gasteiger partial charge is 0.397 e. The van der Waals surface area contributed by atoms with Crippen molar-refractivity contribution < 1.29 is 4.79 Å². The van der Waals surface area contributed by atoms with Crippen molar-refractivity contribution in [2.24, 2.45) is 0 Å². The molecule has 0 spiro atoms. The quantitative estimate of drug-likeness (QED) is 0.757. The Bertz CT molecular complexity index is 839. The Morgan fingerprint density at radius 3 is 2.67 bits per heavy atom. The summed E-state index contributed by atoms with van der Waals surface area (Å²) >= 11 is 1.32. The zero-order chi connectivity index (χ0) is 15.0. The lowest BCUT2D eigenvalue weighted by atomic mass is 10.1. The summed E-state index contributed by atoms with van der Waals surface area (Å²) in [4.78, 5) is 18.1. The smallest absolute Gasteiger partial charge is 0.267 e. The van der Waals surface area contributed by atoms with Crippen molar-refractivity contribution in [2.45, 2.75) is 13.8 Å². The number of carbonyl (C=O) groups is 1. The Labute approximate surface area is 126 Å². The van der Waals surface area contributed by atoms with Crippen LogP contribution in [-0.2, 0) is 0 Å². The minimum Gasteiger partial charge on any atom is -0.397 e. The number of benzene rings is 1. The maximum Gasteiger partial charge on any atom is 0.267 e. The van der Waals surface area contributed by atoms with Crippen molar-refractivity contribution in [3.63, 3.8) is 0 Å². The number of pyridine rings is 1. The maximum absolute atomic E-state index is 12.5. The molecule has 0 unspecified atom stereocenters. The molecule has 3 aromatic rings. The first-order valence-electron chi connectivity index (χ1n) is 6.58. The molecule has 0 aliphatic heterocycles. The van der Waals surface area contributed by atoms with Crippen molar-refractivity contribution in [1.29, 1.82) is 0 Å². The minimum atomic E-state index is -0.191. The number of nitrogen functional groups attached to an aromatic ring is 1. The zero-order valence-electron chi connectivity index (χ0n) is 11.8. The number of hydrogen-bond acceptors (Lipinski definition) is 4. The lowest BCUT2D eigenvalue weighted by Crippen LogP contribution is -2.12. The van der Waals surface area contributed by atoms with E-state index in [-0.39, 0.29) is 5.91 Å². The summed E-state index contributed by atoms with van der Waals surface area (Å²) in [6.07, 6.45) is 1.73. The van der Waals surface area contributed by atoms with E-state index in [0.29, 0.717) is 10.6 Å². The fourth-order valence-corrected chi connectivity index (χ4v) is 3.30. The molecule has 1 amide bonds. The fraction of sp³-hybridized carbons (Fsp3) is 0.125. The average Bonchev–Trinajstić information content (AvgIpc) is 2.80. The first-order valence-corrected chi connectivity index (χ1v) is 7.40. The van der Waals surface area contributed by atoms with Crippen molar-refractivity contribution >= 4 is 38.8 Å². The van der Waals surface area contributed by atoms with Crippen LogP contribution < -0.4 is 11.1 Å². The molecule has 0 atom stereocenters. The Morgan fingerprint density at radius 2 is 1.95 bits per heavy atom. The first kappa shape index (κ1) is 13.6. The number of aromatic nitrogens is 1. The van der Waals surface area contributed by atoms with E-state index in [9.17, 15) is 4.79 Å². The second-order valence-electron chi connectivity index (χ2n) is 4.92. The summed E-state index contributed by atoms with van der Waals surface area (Å²) in [5.74, 6) is -0.191. The Hall–Kier alpha value is -2.40. The number of fused-ring (bicyclic) bond motifs is 1. The van der Waals surface area contributed by atoms with E-state index in [4.69, 9.17) is 5.73 Å². The molecule has 2 aromatic heterocycles. The molecule has 5 heteroatoms. The van der Waals surface area contributed by atoms with Crippen molar-refractivity contribution in [3.8, 4) is 0 Å². The van der Waals surface area contributed by atoms with Gasteiger partial charge in [-0.25, -0.2) is 4.98 Å². The number of nitrogens with two attached hydrogens (primary N) is 1. The lowest BCUT2D eigenvalue weighted by molar-refractivity contribution is 0.103. The second kappa shape index (κ2) is 5.18. The molecule has 0 saturated heterocycles. The fourth-order valence-electron chi connectivity index (χ4n) is 2.26. The molecule has 0 aliphatic carbocycles. The van der Waals surface area contributed by atoms with Crippen LogP contribution in [0.1, 0.15) is 20.8 Å². The molecule has 3 N–H and O–H groups in total. The van der Waals surface area contributed by atoms with Gasteiger partial charge in [-0.2, -0.15) is 0 Å². The average molecular weight is 297 g/mol. The van der Waals surface area contributed by atoms with E-state index in [2.05, 4.69) is 10.3 Å². The van der Waals surface area contributed by atoms with Gasteiger partial charge in [0.25, 0.3) is 5.91 Å². The molecule has 106 valence electrons. The molecule has 0 bridgehead atoms. The molecular formula is C16H15N3OS. The monoisotopic (exact) mass is 297 g/mol. The van der Waals surface area contributed by atoms with Crippen LogP contribution in [0.25, 0.3) is 10.2 Å². The highest BCUT2D eigenvalue weighted by atomic mass is 32.1. The highest BCUT2D eigenvalue weighted by molar-refractivity contribution is 7.21. The molecular weight excluding hydrogens is 282 g/mol. The summed E-state index contributed by atoms with van der Waals surface area (Å²) in [6.45, 7) is 3.92. The Balaban J connectivity index is 2.01. The van der Waals surface area contributed by atoms with Gasteiger partial charge in [0.15, 0.2) is 0 Å². The maximum atomic E-state index is 12.5. The predicted octanol–water partition coefficient (Wildman–Crippen LogP) is 3.75. The van der Waals surface area contributed by atoms with Gasteiger partial charge in [0.1, 0.15) is 9.71 Å². The molecule has 0 fully saturated rings. The van der Waals surface area contributed by atoms with E-state index >= 15 is 0 Å². The van der Waals surface area contributed by atoms with Crippen molar-refractivity contribution in [2.75, 3.05) is 11.1 Å². The molecule has 2 heterocycles. The minimum absolute atomic E-state index is 0.191. The van der Waals surface area contributed by atoms with Crippen LogP contribution in [0.5, 0.6) is 0 Å². The predicted molar refractivity (Wildman–Crippen MR) is 87.9 cm³/mol. The highest BCUT2D eigenvalue weighted by Gasteiger charge is 2.18. The third-order valence-corrected chi connectivity index (χ3v) is 4.55. The number of thiophene rings is 1. The van der Waals surface area contributed by atoms with E-state index < -0.39 is 0 Å². The van der Waals surface area contributed by atoms with Crippen LogP contribution in [0.3, 0.4) is 0 Å². The molecule has 0 radical (unpaired) electrons. The van der Waals surface area contributed by atoms with Gasteiger partial charge in [-0.15, -0.1) is 11.3 Å². The number of anilines is 2. The molecule has 0 saturated carbocycles. The Kier molecular flexibility index (Phi) is 3.35. The SMILES string of the molecule is Cc1ccccc1NC(=O)c1sc2nccc(C)c2c1N. The number of rotatable bonds is 2. The van der Waals surface area contributed by atoms with Crippen LogP contribution in [0, 0.1) is 13.8 Å². The van der Waals surface area contributed by atoms with Crippen molar-refractivity contribution in [3.05, 3.63) is 52.5 Å². The van der Waals surface area contributed by atoms with Gasteiger partial charge in [0, 0.05) is 17.3 Å². The Morgan fingerprint density at radius 1 is 1.19 bits per heavy atom. The van der Waals surface area contributed by atoms with Crippen molar-refractivity contribution in [1.82, 2.24) is 4.98 Å². The van der Waals surface area contributed by atoms with Crippen LogP contribution >= 0.6 is 11.3 Å². The van der Waals surface area contributed by atoms with Crippen LogP contribution in [-0.4, -0.2) is 10.9 Å². The highest BCUT2D eigenvalue weighted by Crippen LogP contribution is 2.34. The van der Waals surface area contributed by atoms with Gasteiger partial charge in [-0.3, -0.25) is 4.79 Å². The third-order valence-electron chi connectivity index (χ3n) is 3.44. The normalized spacial score (nSPS) is 10.8. The topological polar surface area (TPSA) is 68.0 Å². The van der Waals surface area contributed by atoms with Crippen LogP contribution in [0.4, 0.5) is 11.4 Å². The number of nitrogens with zero attached hydrogens (tertiary/aromatic N) is 1. The van der Waals surface area contributed by atoms with Gasteiger partial charge in [0.05, 0.1) is 5.69 Å². The van der Waals surface area contributed by atoms with Gasteiger partial charge < -0.3 is 11.1 Å². The standard InChI is InChI=1S/C16H15N3OS/c1-9-5-3-4-6-11(9)19-15(20)14-13(17)12-10(2)7-8-18-16(12)21-14/h3-8H,17H2,1-2H3,(H,19,20). The van der Waals surface area contributed by atoms with Gasteiger partial charge in [0.2, 0.25) is 0 Å². The number of hydrogen-bond donors (Lipinski definition) is 2. The molecule has 3 rings (SSSR count). The van der Waals surface area contributed by atoms with Crippen LogP contribution in [0.2, 0.25) is 0 Å². The van der Waals surface area contributed by atoms with Gasteiger partial charge >= 0.3 is 0 Å². The number of nitrogens with one attached hydrogen (secondary N) is 1.